The molecule has 132 valence electrons. The molecule has 0 bridgehead atoms. The Morgan fingerprint density at radius 2 is 1.92 bits per heavy atom. The number of anilines is 2. The van der Waals surface area contributed by atoms with Gasteiger partial charge in [0, 0.05) is 31.7 Å². The Hall–Kier alpha value is -2.96. The van der Waals surface area contributed by atoms with Crippen molar-refractivity contribution in [2.75, 3.05) is 30.9 Å². The van der Waals surface area contributed by atoms with Crippen LogP contribution in [-0.4, -0.2) is 42.5 Å². The molecule has 0 saturated carbocycles. The van der Waals surface area contributed by atoms with Gasteiger partial charge in [0.2, 0.25) is 5.95 Å². The molecule has 0 aliphatic rings. The van der Waals surface area contributed by atoms with Crippen LogP contribution in [-0.2, 0) is 4.74 Å². The molecule has 2 rings (SSSR count). The zero-order valence-electron chi connectivity index (χ0n) is 14.7. The largest absolute Gasteiger partial charge is 0.465 e. The second-order valence-corrected chi connectivity index (χ2v) is 5.57. The van der Waals surface area contributed by atoms with Crippen molar-refractivity contribution in [2.24, 2.45) is 0 Å². The van der Waals surface area contributed by atoms with Gasteiger partial charge in [-0.05, 0) is 24.6 Å². The predicted octanol–water partition coefficient (Wildman–Crippen LogP) is 2.75. The SMILES string of the molecule is CCCCN(C)c1ncc(C(=O)Nc2cccc(C(=O)OC)c2)cn1. The first-order valence-corrected chi connectivity index (χ1v) is 8.08. The van der Waals surface area contributed by atoms with Crippen LogP contribution in [0.2, 0.25) is 0 Å². The number of ether oxygens (including phenoxy) is 1. The summed E-state index contributed by atoms with van der Waals surface area (Å²) in [6.07, 6.45) is 5.13. The minimum absolute atomic E-state index is 0.343. The van der Waals surface area contributed by atoms with Crippen LogP contribution < -0.4 is 10.2 Å². The van der Waals surface area contributed by atoms with Crippen molar-refractivity contribution < 1.29 is 14.3 Å². The summed E-state index contributed by atoms with van der Waals surface area (Å²) in [5.41, 5.74) is 1.21. The lowest BCUT2D eigenvalue weighted by atomic mass is 10.2. The van der Waals surface area contributed by atoms with Crippen LogP contribution in [0.5, 0.6) is 0 Å². The third kappa shape index (κ3) is 5.00. The number of benzene rings is 1. The van der Waals surface area contributed by atoms with E-state index in [1.165, 1.54) is 19.5 Å². The Bertz CT molecular complexity index is 731. The number of amides is 1. The Morgan fingerprint density at radius 1 is 1.20 bits per heavy atom. The van der Waals surface area contributed by atoms with E-state index in [-0.39, 0.29) is 5.91 Å². The Morgan fingerprint density at radius 3 is 2.56 bits per heavy atom. The van der Waals surface area contributed by atoms with Crippen LogP contribution >= 0.6 is 0 Å². The lowest BCUT2D eigenvalue weighted by Gasteiger charge is -2.16. The summed E-state index contributed by atoms with van der Waals surface area (Å²) in [5.74, 6) is -0.221. The van der Waals surface area contributed by atoms with Crippen molar-refractivity contribution in [3.05, 3.63) is 47.8 Å². The van der Waals surface area contributed by atoms with E-state index in [2.05, 4.69) is 26.9 Å². The molecule has 0 aliphatic carbocycles. The standard InChI is InChI=1S/C18H22N4O3/c1-4-5-9-22(2)18-19-11-14(12-20-18)16(23)21-15-8-6-7-13(10-15)17(24)25-3/h6-8,10-12H,4-5,9H2,1-3H3,(H,21,23). The molecule has 1 aromatic heterocycles. The summed E-state index contributed by atoms with van der Waals surface area (Å²) in [7, 11) is 3.23. The number of hydrogen-bond donors (Lipinski definition) is 1. The van der Waals surface area contributed by atoms with Gasteiger partial charge in [-0.15, -0.1) is 0 Å². The van der Waals surface area contributed by atoms with Crippen molar-refractivity contribution >= 4 is 23.5 Å². The summed E-state index contributed by atoms with van der Waals surface area (Å²) in [4.78, 5) is 34.3. The Labute approximate surface area is 147 Å². The van der Waals surface area contributed by atoms with Gasteiger partial charge in [0.15, 0.2) is 0 Å². The zero-order chi connectivity index (χ0) is 18.2. The fourth-order valence-corrected chi connectivity index (χ4v) is 2.18. The van der Waals surface area contributed by atoms with E-state index in [0.717, 1.165) is 19.4 Å². The van der Waals surface area contributed by atoms with E-state index in [1.807, 2.05) is 11.9 Å². The van der Waals surface area contributed by atoms with Gasteiger partial charge in [0.25, 0.3) is 5.91 Å². The number of methoxy groups -OCH3 is 1. The third-order valence-corrected chi connectivity index (χ3v) is 3.63. The number of esters is 1. The van der Waals surface area contributed by atoms with E-state index in [1.54, 1.807) is 24.3 Å². The van der Waals surface area contributed by atoms with Gasteiger partial charge in [-0.3, -0.25) is 4.79 Å². The van der Waals surface area contributed by atoms with Crippen molar-refractivity contribution in [1.29, 1.82) is 0 Å². The van der Waals surface area contributed by atoms with E-state index >= 15 is 0 Å². The quantitative estimate of drug-likeness (QED) is 0.779. The van der Waals surface area contributed by atoms with Crippen molar-refractivity contribution in [1.82, 2.24) is 9.97 Å². The lowest BCUT2D eigenvalue weighted by molar-refractivity contribution is 0.0600. The zero-order valence-corrected chi connectivity index (χ0v) is 14.7. The van der Waals surface area contributed by atoms with Gasteiger partial charge >= 0.3 is 5.97 Å². The lowest BCUT2D eigenvalue weighted by Crippen LogP contribution is -2.21. The Balaban J connectivity index is 2.05. The molecule has 0 atom stereocenters. The molecular weight excluding hydrogens is 320 g/mol. The minimum atomic E-state index is -0.459. The highest BCUT2D eigenvalue weighted by molar-refractivity contribution is 6.04. The van der Waals surface area contributed by atoms with E-state index in [4.69, 9.17) is 0 Å². The van der Waals surface area contributed by atoms with Crippen LogP contribution in [0.1, 0.15) is 40.5 Å². The molecule has 1 heterocycles. The molecule has 0 saturated heterocycles. The second-order valence-electron chi connectivity index (χ2n) is 5.57. The number of nitrogens with one attached hydrogen (secondary N) is 1. The fraction of sp³-hybridized carbons (Fsp3) is 0.333. The van der Waals surface area contributed by atoms with Crippen LogP contribution in [0.3, 0.4) is 0 Å². The second kappa shape index (κ2) is 8.77. The highest BCUT2D eigenvalue weighted by Crippen LogP contribution is 2.13. The van der Waals surface area contributed by atoms with Crippen molar-refractivity contribution in [3.8, 4) is 0 Å². The molecule has 1 aromatic carbocycles. The molecule has 0 fully saturated rings. The van der Waals surface area contributed by atoms with E-state index in [9.17, 15) is 9.59 Å². The maximum Gasteiger partial charge on any atom is 0.337 e. The molecule has 0 spiro atoms. The topological polar surface area (TPSA) is 84.4 Å². The molecular formula is C18H22N4O3. The van der Waals surface area contributed by atoms with E-state index in [0.29, 0.717) is 22.8 Å². The van der Waals surface area contributed by atoms with Gasteiger partial charge in [-0.25, -0.2) is 14.8 Å². The summed E-state index contributed by atoms with van der Waals surface area (Å²) in [6.45, 7) is 2.99. The normalized spacial score (nSPS) is 10.2. The first kappa shape index (κ1) is 18.4. The maximum absolute atomic E-state index is 12.3. The van der Waals surface area contributed by atoms with Gasteiger partial charge < -0.3 is 15.0 Å². The average Bonchev–Trinajstić information content (AvgIpc) is 2.65. The minimum Gasteiger partial charge on any atom is -0.465 e. The third-order valence-electron chi connectivity index (χ3n) is 3.63. The summed E-state index contributed by atoms with van der Waals surface area (Å²) in [5, 5.41) is 2.72. The number of nitrogens with zero attached hydrogens (tertiary/aromatic N) is 3. The number of unbranched alkanes of at least 4 members (excludes halogenated alkanes) is 1. The molecule has 1 amide bonds. The molecule has 0 radical (unpaired) electrons. The van der Waals surface area contributed by atoms with Crippen LogP contribution in [0.4, 0.5) is 11.6 Å². The van der Waals surface area contributed by atoms with Crippen LogP contribution in [0, 0.1) is 0 Å². The van der Waals surface area contributed by atoms with Gasteiger partial charge in [0.05, 0.1) is 18.2 Å². The smallest absolute Gasteiger partial charge is 0.337 e. The molecule has 1 N–H and O–H groups in total. The van der Waals surface area contributed by atoms with Gasteiger partial charge in [0.1, 0.15) is 0 Å². The number of carbonyl (C=O) groups excluding carboxylic acids is 2. The number of rotatable bonds is 7. The monoisotopic (exact) mass is 342 g/mol. The number of carbonyl (C=O) groups is 2. The molecule has 25 heavy (non-hydrogen) atoms. The highest BCUT2D eigenvalue weighted by Gasteiger charge is 2.11. The molecule has 7 heteroatoms. The first-order valence-electron chi connectivity index (χ1n) is 8.08. The van der Waals surface area contributed by atoms with E-state index < -0.39 is 5.97 Å². The maximum atomic E-state index is 12.3. The number of hydrogen-bond acceptors (Lipinski definition) is 6. The molecule has 7 nitrogen and oxygen atoms in total. The first-order chi connectivity index (χ1) is 12.0. The van der Waals surface area contributed by atoms with Crippen LogP contribution in [0.25, 0.3) is 0 Å². The predicted molar refractivity (Wildman–Crippen MR) is 95.9 cm³/mol. The van der Waals surface area contributed by atoms with Gasteiger partial charge in [-0.1, -0.05) is 19.4 Å². The summed E-state index contributed by atoms with van der Waals surface area (Å²) in [6, 6.07) is 6.53. The fourth-order valence-electron chi connectivity index (χ4n) is 2.18. The molecule has 0 unspecified atom stereocenters. The van der Waals surface area contributed by atoms with Crippen molar-refractivity contribution in [3.63, 3.8) is 0 Å². The Kier molecular flexibility index (Phi) is 6.45. The molecule has 2 aromatic rings. The van der Waals surface area contributed by atoms with Crippen molar-refractivity contribution in [2.45, 2.75) is 19.8 Å². The van der Waals surface area contributed by atoms with Gasteiger partial charge in [-0.2, -0.15) is 0 Å². The summed E-state index contributed by atoms with van der Waals surface area (Å²) >= 11 is 0. The summed E-state index contributed by atoms with van der Waals surface area (Å²) < 4.78 is 4.67. The van der Waals surface area contributed by atoms with Crippen LogP contribution in [0.15, 0.2) is 36.7 Å². The average molecular weight is 342 g/mol. The highest BCUT2D eigenvalue weighted by atomic mass is 16.5. The molecule has 0 aliphatic heterocycles. The number of aromatic nitrogens is 2.